The third-order valence-electron chi connectivity index (χ3n) is 5.90. The topological polar surface area (TPSA) is 368 Å². The van der Waals surface area contributed by atoms with Crippen LogP contribution in [0.2, 0.25) is 0 Å². The fraction of sp³-hybridized carbons (Fsp3) is 0.379. The number of nitriles is 3. The van der Waals surface area contributed by atoms with Gasteiger partial charge in [-0.05, 0) is 40.9 Å². The number of aromatic nitrogens is 6. The van der Waals surface area contributed by atoms with Crippen LogP contribution in [0.15, 0.2) is 43.7 Å². The highest BCUT2D eigenvalue weighted by molar-refractivity contribution is 8.13. The Balaban J connectivity index is -0.000000320. The van der Waals surface area contributed by atoms with E-state index >= 15 is 0 Å². The Kier molecular flexibility index (Phi) is 29.9. The summed E-state index contributed by atoms with van der Waals surface area (Å²) in [6, 6.07) is 0. The molecule has 0 bridgehead atoms. The Morgan fingerprint density at radius 1 is 0.741 bits per heavy atom. The van der Waals surface area contributed by atoms with E-state index in [0.29, 0.717) is 38.9 Å². The molecule has 0 fully saturated rings. The molecule has 0 aliphatic rings. The van der Waals surface area contributed by atoms with Crippen LogP contribution in [-0.2, 0) is 19.6 Å². The summed E-state index contributed by atoms with van der Waals surface area (Å²) in [6.07, 6.45) is 6.88. The number of hydrogen-bond acceptors (Lipinski definition) is 14. The summed E-state index contributed by atoms with van der Waals surface area (Å²) in [5.41, 5.74) is 5.82. The number of nitrogens with one attached hydrogen (secondary N) is 9. The highest BCUT2D eigenvalue weighted by Crippen LogP contribution is 2.01. The van der Waals surface area contributed by atoms with Gasteiger partial charge in [-0.15, -0.1) is 0 Å². The van der Waals surface area contributed by atoms with Crippen LogP contribution in [0.25, 0.3) is 0 Å². The predicted octanol–water partition coefficient (Wildman–Crippen LogP) is -1.18. The molecule has 3 aromatic rings. The van der Waals surface area contributed by atoms with Gasteiger partial charge >= 0.3 is 17.1 Å². The zero-order valence-corrected chi connectivity index (χ0v) is 32.6. The molecule has 22 nitrogen and oxygen atoms in total. The number of amidine groups is 1. The minimum atomic E-state index is -0.569. The van der Waals surface area contributed by atoms with Crippen LogP contribution in [0, 0.1) is 55.1 Å². The van der Waals surface area contributed by atoms with Crippen molar-refractivity contribution < 1.29 is 0 Å². The maximum atomic E-state index is 11.3. The third-order valence-corrected chi connectivity index (χ3v) is 6.52. The first-order chi connectivity index (χ1) is 24.1. The summed E-state index contributed by atoms with van der Waals surface area (Å²) < 4.78 is 0. The first-order valence-corrected chi connectivity index (χ1v) is 15.5. The summed E-state index contributed by atoms with van der Waals surface area (Å²) in [6.45, 7) is 8.85. The number of rotatable bonds is 5. The van der Waals surface area contributed by atoms with Crippen molar-refractivity contribution in [3.8, 4) is 18.6 Å². The highest BCUT2D eigenvalue weighted by Gasteiger charge is 2.06. The molecule has 0 saturated heterocycles. The van der Waals surface area contributed by atoms with Crippen molar-refractivity contribution in [1.82, 2.24) is 45.9 Å². The minimum absolute atomic E-state index is 0. The van der Waals surface area contributed by atoms with Crippen molar-refractivity contribution >= 4 is 55.6 Å². The van der Waals surface area contributed by atoms with Crippen LogP contribution in [0.5, 0.6) is 0 Å². The summed E-state index contributed by atoms with van der Waals surface area (Å²) in [7, 11) is 1.50. The van der Waals surface area contributed by atoms with Crippen LogP contribution in [0.4, 0.5) is 0 Å². The van der Waals surface area contributed by atoms with Gasteiger partial charge < -0.3 is 26.0 Å². The molecule has 3 rings (SSSR count). The molecule has 54 heavy (non-hydrogen) atoms. The Bertz CT molecular complexity index is 2210. The zero-order valence-electron chi connectivity index (χ0n) is 29.7. The first kappa shape index (κ1) is 54.7. The van der Waals surface area contributed by atoms with Crippen molar-refractivity contribution in [3.05, 3.63) is 96.3 Å². The van der Waals surface area contributed by atoms with E-state index in [1.807, 2.05) is 0 Å². The number of H-pyrrole nitrogens is 6. The Morgan fingerprint density at radius 3 is 1.54 bits per heavy atom. The zero-order chi connectivity index (χ0) is 39.1. The molecule has 0 atom stereocenters. The summed E-state index contributed by atoms with van der Waals surface area (Å²) in [5, 5.41) is 32.6. The fourth-order valence-corrected chi connectivity index (χ4v) is 3.53. The van der Waals surface area contributed by atoms with Crippen molar-refractivity contribution in [2.24, 2.45) is 20.7 Å². The summed E-state index contributed by atoms with van der Waals surface area (Å²) in [5.74, 6) is 0.257. The maximum Gasteiger partial charge on any atom is 0.325 e. The number of nitrogens with zero attached hydrogens (tertiary/aromatic N) is 6. The van der Waals surface area contributed by atoms with Crippen LogP contribution < -0.4 is 55.4 Å². The number of aliphatic imine (C=N–C) groups is 3. The van der Waals surface area contributed by atoms with E-state index in [1.165, 1.54) is 18.8 Å². The molecule has 0 saturated carbocycles. The lowest BCUT2D eigenvalue weighted by molar-refractivity contribution is 0.809. The molecule has 0 aliphatic heterocycles. The van der Waals surface area contributed by atoms with Gasteiger partial charge in [0.15, 0.2) is 17.6 Å². The lowest BCUT2D eigenvalue weighted by Gasteiger charge is -2.08. The Hall–Kier alpha value is -6.07. The van der Waals surface area contributed by atoms with Gasteiger partial charge in [0.1, 0.15) is 0 Å². The lowest BCUT2D eigenvalue weighted by atomic mass is 10.2. The van der Waals surface area contributed by atoms with Gasteiger partial charge in [-0.2, -0.15) is 47.8 Å². The molecule has 0 aromatic carbocycles. The number of thioether (sulfide) groups is 1. The van der Waals surface area contributed by atoms with Gasteiger partial charge in [-0.1, -0.05) is 19.2 Å². The average Bonchev–Trinajstić information content (AvgIpc) is 3.07. The van der Waals surface area contributed by atoms with Crippen LogP contribution in [0.3, 0.4) is 0 Å². The number of guanidine groups is 1. The fourth-order valence-electron chi connectivity index (χ4n) is 3.18. The van der Waals surface area contributed by atoms with Crippen molar-refractivity contribution in [2.45, 2.75) is 61.7 Å². The molecular formula is C29H46N16O6S3. The second-order valence-corrected chi connectivity index (χ2v) is 10.4. The molecule has 296 valence electrons. The maximum absolute atomic E-state index is 11.3. The highest BCUT2D eigenvalue weighted by atomic mass is 32.2. The van der Waals surface area contributed by atoms with Gasteiger partial charge in [-0.3, -0.25) is 50.0 Å². The van der Waals surface area contributed by atoms with E-state index in [2.05, 4.69) is 60.8 Å². The van der Waals surface area contributed by atoms with Crippen LogP contribution in [0.1, 0.15) is 55.0 Å². The molecule has 3 aromatic heterocycles. The third kappa shape index (κ3) is 20.7. The molecule has 3 heterocycles. The van der Waals surface area contributed by atoms with Gasteiger partial charge in [0, 0.05) is 53.1 Å². The molecule has 11 N–H and O–H groups in total. The normalized spacial score (nSPS) is 9.57. The molecule has 0 amide bonds. The van der Waals surface area contributed by atoms with Gasteiger partial charge in [0.05, 0.1) is 13.1 Å². The SMILES string of the molecule is C.CC(C)=NC#N.CN=C(NC#N)NCc1[nH]c(=O)[nH]c(=O)c1C.CSC(=NCc1[nH]c(=O)[nH]c(=O)c1C)NC#N.Cc1c(CN)[nH]c(=O)[nH]c1=O.S.S. The van der Waals surface area contributed by atoms with Crippen molar-refractivity contribution in [2.75, 3.05) is 13.3 Å². The predicted molar refractivity (Wildman–Crippen MR) is 219 cm³/mol. The number of aromatic amines is 6. The van der Waals surface area contributed by atoms with Gasteiger partial charge in [0.2, 0.25) is 12.2 Å². The number of hydrogen-bond donors (Lipinski definition) is 10. The molecule has 25 heteroatoms. The van der Waals surface area contributed by atoms with E-state index in [-0.39, 0.29) is 65.6 Å². The molecule has 0 radical (unpaired) electrons. The molecule has 0 spiro atoms. The van der Waals surface area contributed by atoms with E-state index in [1.54, 1.807) is 59.5 Å². The number of nitrogens with two attached hydrogens (primary N) is 1. The first-order valence-electron chi connectivity index (χ1n) is 14.2. The quantitative estimate of drug-likeness (QED) is 0.0628. The standard InChI is InChI=1S/C9H12N6O2.C9H11N5O2S.C6H9N3O2.C4H6N2.CH4.2H2S/c1-5-6(14-9(17)15-7(5)16)3-12-8(11-2)13-4-10;1-5-6(13-8(16)14-7(5)15)3-11-9(17-2)12-4-10;1-3-4(2-7)8-6(11)9-5(3)10;1-4(2)6-3-5;;;/h3H2,1-2H3,(H2,11,12,13)(H2,14,15,16,17);3H2,1-2H3,(H,11,12)(H2,13,14,15,16);2,7H2,1H3,(H2,8,9,10,11);1-2H3;1H4;2*1H2. The van der Waals surface area contributed by atoms with Gasteiger partial charge in [-0.25, -0.2) is 14.4 Å². The smallest absolute Gasteiger partial charge is 0.325 e. The lowest BCUT2D eigenvalue weighted by Crippen LogP contribution is -2.36. The minimum Gasteiger partial charge on any atom is -0.350 e. The summed E-state index contributed by atoms with van der Waals surface area (Å²) >= 11 is 1.27. The molecule has 0 aliphatic carbocycles. The molecule has 0 unspecified atom stereocenters. The van der Waals surface area contributed by atoms with E-state index in [4.69, 9.17) is 21.5 Å². The van der Waals surface area contributed by atoms with Crippen molar-refractivity contribution in [1.29, 1.82) is 15.8 Å². The molecular weight excluding hydrogens is 765 g/mol. The largest absolute Gasteiger partial charge is 0.350 e. The van der Waals surface area contributed by atoms with E-state index in [9.17, 15) is 28.8 Å². The van der Waals surface area contributed by atoms with Crippen LogP contribution >= 0.6 is 38.8 Å². The van der Waals surface area contributed by atoms with Crippen LogP contribution in [-0.4, -0.2) is 60.0 Å². The summed E-state index contributed by atoms with van der Waals surface area (Å²) in [4.78, 5) is 91.2. The van der Waals surface area contributed by atoms with Gasteiger partial charge in [0.25, 0.3) is 16.7 Å². The Labute approximate surface area is 326 Å². The monoisotopic (exact) mass is 810 g/mol. The average molecular weight is 811 g/mol. The second kappa shape index (κ2) is 29.5. The van der Waals surface area contributed by atoms with E-state index < -0.39 is 28.2 Å². The second-order valence-electron chi connectivity index (χ2n) is 9.62. The Morgan fingerprint density at radius 2 is 1.17 bits per heavy atom. The van der Waals surface area contributed by atoms with E-state index in [0.717, 1.165) is 5.71 Å². The van der Waals surface area contributed by atoms with Crippen molar-refractivity contribution in [3.63, 3.8) is 0 Å².